The number of nitrogens with one attached hydrogen (secondary N) is 1. The molecule has 0 aliphatic carbocycles. The molecular weight excluding hydrogens is 402 g/mol. The Bertz CT molecular complexity index is 1050. The number of hydrogen-bond acceptors (Lipinski definition) is 8. The minimum atomic E-state index is -0.531. The number of aromatic nitrogens is 3. The molecule has 0 aliphatic rings. The summed E-state index contributed by atoms with van der Waals surface area (Å²) in [6.45, 7) is 3.98. The summed E-state index contributed by atoms with van der Waals surface area (Å²) in [5.74, 6) is 0.890. The lowest BCUT2D eigenvalue weighted by Gasteiger charge is -2.08. The van der Waals surface area contributed by atoms with Crippen molar-refractivity contribution >= 4 is 28.5 Å². The predicted molar refractivity (Wildman–Crippen MR) is 118 cm³/mol. The number of methoxy groups -OCH3 is 1. The van der Waals surface area contributed by atoms with E-state index in [-0.39, 0.29) is 11.7 Å². The topological polar surface area (TPSA) is 90.6 Å². The Morgan fingerprint density at radius 2 is 1.97 bits per heavy atom. The maximum atomic E-state index is 12.4. The van der Waals surface area contributed by atoms with E-state index in [0.29, 0.717) is 11.0 Å². The molecule has 0 spiro atoms. The molecule has 0 saturated heterocycles. The molecule has 9 heteroatoms. The predicted octanol–water partition coefficient (Wildman–Crippen LogP) is 3.88. The van der Waals surface area contributed by atoms with Crippen LogP contribution in [0.4, 0.5) is 5.69 Å². The third kappa shape index (κ3) is 5.18. The number of carbonyl (C=O) groups excluding carboxylic acids is 1. The number of hydrazone groups is 1. The molecule has 1 heterocycles. The van der Waals surface area contributed by atoms with E-state index in [9.17, 15) is 4.79 Å². The first kappa shape index (κ1) is 21.4. The summed E-state index contributed by atoms with van der Waals surface area (Å²) in [5, 5.41) is 13.4. The van der Waals surface area contributed by atoms with Gasteiger partial charge in [0.25, 0.3) is 0 Å². The van der Waals surface area contributed by atoms with Gasteiger partial charge in [0.1, 0.15) is 5.75 Å². The van der Waals surface area contributed by atoms with Crippen molar-refractivity contribution in [3.8, 4) is 17.1 Å². The van der Waals surface area contributed by atoms with Crippen LogP contribution in [0.15, 0.2) is 58.8 Å². The molecule has 0 saturated carbocycles. The van der Waals surface area contributed by atoms with Gasteiger partial charge in [-0.05, 0) is 67.6 Å². The van der Waals surface area contributed by atoms with Crippen LogP contribution in [0.25, 0.3) is 11.4 Å². The van der Waals surface area contributed by atoms with Crippen LogP contribution < -0.4 is 10.2 Å². The lowest BCUT2D eigenvalue weighted by Crippen LogP contribution is -2.16. The molecule has 0 bridgehead atoms. The van der Waals surface area contributed by atoms with E-state index in [2.05, 4.69) is 20.7 Å². The molecule has 0 fully saturated rings. The van der Waals surface area contributed by atoms with Gasteiger partial charge in [0, 0.05) is 12.6 Å². The van der Waals surface area contributed by atoms with Crippen LogP contribution in [0.5, 0.6) is 5.75 Å². The molecule has 0 radical (unpaired) electrons. The quantitative estimate of drug-likeness (QED) is 0.211. The first-order chi connectivity index (χ1) is 14.5. The number of esters is 1. The minimum absolute atomic E-state index is 0.134. The average Bonchev–Trinajstić information content (AvgIpc) is 3.11. The van der Waals surface area contributed by atoms with Crippen LogP contribution in [0, 0.1) is 6.92 Å². The van der Waals surface area contributed by atoms with E-state index in [0.717, 1.165) is 34.3 Å². The Morgan fingerprint density at radius 3 is 2.63 bits per heavy atom. The van der Waals surface area contributed by atoms with Crippen molar-refractivity contribution in [2.45, 2.75) is 19.0 Å². The molecule has 30 heavy (non-hydrogen) atoms. The van der Waals surface area contributed by atoms with E-state index in [4.69, 9.17) is 9.47 Å². The molecule has 1 aromatic heterocycles. The number of rotatable bonds is 6. The van der Waals surface area contributed by atoms with Gasteiger partial charge in [0.2, 0.25) is 5.04 Å². The Morgan fingerprint density at radius 1 is 1.20 bits per heavy atom. The zero-order chi connectivity index (χ0) is 21.5. The summed E-state index contributed by atoms with van der Waals surface area (Å²) in [4.78, 5) is 12.4. The number of hydrogen-bond donors (Lipinski definition) is 1. The summed E-state index contributed by atoms with van der Waals surface area (Å²) in [6.07, 6.45) is 0. The number of ether oxygens (including phenoxy) is 2. The summed E-state index contributed by atoms with van der Waals surface area (Å²) < 4.78 is 12.1. The standard InChI is InChI=1S/C21H23N5O3S/c1-5-29-20(27)19(24-22-16-8-6-7-14(2)13-16)30-21-25-23-18(26(21)3)15-9-11-17(28-4)12-10-15/h6-13,22H,5H2,1-4H3/b24-19-. The molecule has 8 nitrogen and oxygen atoms in total. The fourth-order valence-electron chi connectivity index (χ4n) is 2.61. The van der Waals surface area contributed by atoms with Crippen LogP contribution in [0.2, 0.25) is 0 Å². The Hall–Kier alpha value is -3.33. The van der Waals surface area contributed by atoms with Gasteiger partial charge < -0.3 is 14.0 Å². The molecule has 156 valence electrons. The fraction of sp³-hybridized carbons (Fsp3) is 0.238. The van der Waals surface area contributed by atoms with Crippen molar-refractivity contribution < 1.29 is 14.3 Å². The molecule has 0 atom stereocenters. The largest absolute Gasteiger partial charge is 0.497 e. The Kier molecular flexibility index (Phi) is 7.08. The fourth-order valence-corrected chi connectivity index (χ4v) is 3.33. The molecule has 0 aliphatic heterocycles. The maximum Gasteiger partial charge on any atom is 0.365 e. The number of thioether (sulfide) groups is 1. The smallest absolute Gasteiger partial charge is 0.365 e. The van der Waals surface area contributed by atoms with Gasteiger partial charge in [-0.15, -0.1) is 10.2 Å². The molecule has 3 rings (SSSR count). The third-order valence-electron chi connectivity index (χ3n) is 4.13. The van der Waals surface area contributed by atoms with Crippen molar-refractivity contribution in [1.82, 2.24) is 14.8 Å². The van der Waals surface area contributed by atoms with E-state index < -0.39 is 5.97 Å². The van der Waals surface area contributed by atoms with Crippen LogP contribution in [0.1, 0.15) is 12.5 Å². The van der Waals surface area contributed by atoms with Gasteiger partial charge >= 0.3 is 5.97 Å². The van der Waals surface area contributed by atoms with E-state index >= 15 is 0 Å². The maximum absolute atomic E-state index is 12.4. The molecule has 3 aromatic rings. The first-order valence-electron chi connectivity index (χ1n) is 9.31. The monoisotopic (exact) mass is 425 g/mol. The first-order valence-corrected chi connectivity index (χ1v) is 10.1. The van der Waals surface area contributed by atoms with E-state index in [1.807, 2.05) is 62.5 Å². The summed E-state index contributed by atoms with van der Waals surface area (Å²) >= 11 is 1.09. The van der Waals surface area contributed by atoms with Crippen LogP contribution in [-0.2, 0) is 16.6 Å². The number of carbonyl (C=O) groups is 1. The number of benzene rings is 2. The highest BCUT2D eigenvalue weighted by molar-refractivity contribution is 8.15. The SMILES string of the molecule is CCOC(=O)/C(=N/Nc1cccc(C)c1)Sc1nnc(-c2ccc(OC)cc2)n1C. The zero-order valence-corrected chi connectivity index (χ0v) is 18.1. The number of aryl methyl sites for hydroxylation is 1. The highest BCUT2D eigenvalue weighted by Crippen LogP contribution is 2.25. The highest BCUT2D eigenvalue weighted by Gasteiger charge is 2.20. The number of anilines is 1. The lowest BCUT2D eigenvalue weighted by molar-refractivity contribution is -0.134. The summed E-state index contributed by atoms with van der Waals surface area (Å²) in [7, 11) is 3.45. The minimum Gasteiger partial charge on any atom is -0.497 e. The normalized spacial score (nSPS) is 11.3. The second-order valence-electron chi connectivity index (χ2n) is 6.31. The molecule has 1 N–H and O–H groups in total. The third-order valence-corrected chi connectivity index (χ3v) is 5.12. The zero-order valence-electron chi connectivity index (χ0n) is 17.2. The summed E-state index contributed by atoms with van der Waals surface area (Å²) in [5.41, 5.74) is 5.64. The molecule has 2 aromatic carbocycles. The van der Waals surface area contributed by atoms with Crippen molar-refractivity contribution in [1.29, 1.82) is 0 Å². The molecular formula is C21H23N5O3S. The van der Waals surface area contributed by atoms with E-state index in [1.54, 1.807) is 18.6 Å². The van der Waals surface area contributed by atoms with Crippen LogP contribution in [-0.4, -0.2) is 39.5 Å². The van der Waals surface area contributed by atoms with Gasteiger partial charge in [-0.2, -0.15) is 5.10 Å². The van der Waals surface area contributed by atoms with Crippen LogP contribution >= 0.6 is 11.8 Å². The highest BCUT2D eigenvalue weighted by atomic mass is 32.2. The van der Waals surface area contributed by atoms with Gasteiger partial charge in [-0.1, -0.05) is 12.1 Å². The van der Waals surface area contributed by atoms with Gasteiger partial charge in [0.15, 0.2) is 11.0 Å². The van der Waals surface area contributed by atoms with E-state index in [1.165, 1.54) is 0 Å². The number of nitrogens with zero attached hydrogens (tertiary/aromatic N) is 4. The van der Waals surface area contributed by atoms with Crippen molar-refractivity contribution in [3.05, 3.63) is 54.1 Å². The van der Waals surface area contributed by atoms with Crippen molar-refractivity contribution in [2.75, 3.05) is 19.1 Å². The second kappa shape index (κ2) is 9.93. The lowest BCUT2D eigenvalue weighted by atomic mass is 10.2. The summed E-state index contributed by atoms with van der Waals surface area (Å²) in [6, 6.07) is 15.2. The Balaban J connectivity index is 1.84. The van der Waals surface area contributed by atoms with Gasteiger partial charge in [-0.25, -0.2) is 4.79 Å². The Labute approximate surface area is 179 Å². The average molecular weight is 426 g/mol. The second-order valence-corrected chi connectivity index (χ2v) is 7.27. The molecule has 0 unspecified atom stereocenters. The van der Waals surface area contributed by atoms with Gasteiger partial charge in [-0.3, -0.25) is 5.43 Å². The van der Waals surface area contributed by atoms with Gasteiger partial charge in [0.05, 0.1) is 19.4 Å². The van der Waals surface area contributed by atoms with Crippen molar-refractivity contribution in [2.24, 2.45) is 12.1 Å². The molecule has 0 amide bonds. The van der Waals surface area contributed by atoms with Crippen LogP contribution in [0.3, 0.4) is 0 Å². The van der Waals surface area contributed by atoms with Crippen molar-refractivity contribution in [3.63, 3.8) is 0 Å².